The van der Waals surface area contributed by atoms with Crippen molar-refractivity contribution in [2.24, 2.45) is 5.92 Å². The maximum Gasteiger partial charge on any atom is 0.236 e. The third-order valence-electron chi connectivity index (χ3n) is 8.10. The average molecular weight is 554 g/mol. The van der Waals surface area contributed by atoms with Gasteiger partial charge in [0.15, 0.2) is 17.3 Å². The molecule has 3 aliphatic rings. The monoisotopic (exact) mass is 553 g/mol. The van der Waals surface area contributed by atoms with Gasteiger partial charge in [-0.25, -0.2) is 14.4 Å². The molecule has 0 atom stereocenters. The van der Waals surface area contributed by atoms with E-state index in [2.05, 4.69) is 25.1 Å². The molecule has 0 unspecified atom stereocenters. The second-order valence-electron chi connectivity index (χ2n) is 10.8. The van der Waals surface area contributed by atoms with Gasteiger partial charge in [0.05, 0.1) is 36.0 Å². The highest BCUT2D eigenvalue weighted by molar-refractivity contribution is 6.31. The molecular formula is C29H33ClFN5O3. The highest BCUT2D eigenvalue weighted by Gasteiger charge is 2.34. The summed E-state index contributed by atoms with van der Waals surface area (Å²) in [5, 5.41) is 3.76. The zero-order chi connectivity index (χ0) is 26.9. The molecule has 1 N–H and O–H groups in total. The Labute approximate surface area is 232 Å². The summed E-state index contributed by atoms with van der Waals surface area (Å²) >= 11 is 5.96. The number of aromatic nitrogens is 2. The third kappa shape index (κ3) is 5.75. The van der Waals surface area contributed by atoms with Gasteiger partial charge in [0, 0.05) is 37.1 Å². The number of piperazine rings is 1. The molecule has 39 heavy (non-hydrogen) atoms. The molecule has 2 aromatic carbocycles. The van der Waals surface area contributed by atoms with Gasteiger partial charge in [0.25, 0.3) is 0 Å². The Kier molecular flexibility index (Phi) is 7.44. The minimum Gasteiger partial charge on any atom is -0.493 e. The van der Waals surface area contributed by atoms with Crippen LogP contribution in [-0.4, -0.2) is 71.1 Å². The molecule has 1 saturated heterocycles. The normalized spacial score (nSPS) is 22.2. The van der Waals surface area contributed by atoms with Gasteiger partial charge in [-0.1, -0.05) is 17.7 Å². The molecule has 1 aromatic heterocycles. The zero-order valence-corrected chi connectivity index (χ0v) is 22.8. The Balaban J connectivity index is 1.13. The number of halogens is 2. The van der Waals surface area contributed by atoms with Gasteiger partial charge in [-0.2, -0.15) is 0 Å². The molecule has 10 heteroatoms. The predicted molar refractivity (Wildman–Crippen MR) is 148 cm³/mol. The highest BCUT2D eigenvalue weighted by atomic mass is 35.5. The van der Waals surface area contributed by atoms with Crippen LogP contribution in [0.25, 0.3) is 10.9 Å². The number of nitrogens with one attached hydrogen (secondary N) is 1. The van der Waals surface area contributed by atoms with E-state index in [4.69, 9.17) is 21.1 Å². The van der Waals surface area contributed by atoms with Gasteiger partial charge in [-0.15, -0.1) is 0 Å². The van der Waals surface area contributed by atoms with E-state index >= 15 is 0 Å². The van der Waals surface area contributed by atoms with Crippen molar-refractivity contribution >= 4 is 39.9 Å². The molecule has 6 rings (SSSR count). The molecule has 2 aliphatic carbocycles. The SMILES string of the molecule is COc1cc2ncnc(Nc3cccc(Cl)c3F)c2cc1O[C@H]1CC[C@H](N2CCN(CC3CC3)C(=O)C2)CC1. The average Bonchev–Trinajstić information content (AvgIpc) is 3.77. The standard InChI is InChI=1S/C29H33ClFN5O3/c1-38-25-14-24-21(29(33-17-32-24)34-23-4-2-3-22(30)28(23)31)13-26(25)39-20-9-7-19(8-10-20)35-11-12-36(27(37)16-35)15-18-5-6-18/h2-4,13-14,17-20H,5-12,15-16H2,1H3,(H,32,33,34)/t19-,20-. The predicted octanol–water partition coefficient (Wildman–Crippen LogP) is 5.42. The molecule has 206 valence electrons. The Morgan fingerprint density at radius 2 is 1.90 bits per heavy atom. The summed E-state index contributed by atoms with van der Waals surface area (Å²) in [4.78, 5) is 25.8. The van der Waals surface area contributed by atoms with Crippen LogP contribution in [0, 0.1) is 11.7 Å². The van der Waals surface area contributed by atoms with Crippen LogP contribution in [0.4, 0.5) is 15.9 Å². The number of carbonyl (C=O) groups is 1. The smallest absolute Gasteiger partial charge is 0.236 e. The van der Waals surface area contributed by atoms with Gasteiger partial charge in [-0.3, -0.25) is 9.69 Å². The molecule has 0 bridgehead atoms. The lowest BCUT2D eigenvalue weighted by molar-refractivity contribution is -0.137. The minimum absolute atomic E-state index is 0.0316. The number of methoxy groups -OCH3 is 1. The Bertz CT molecular complexity index is 1360. The van der Waals surface area contributed by atoms with Crippen LogP contribution >= 0.6 is 11.6 Å². The van der Waals surface area contributed by atoms with Crippen molar-refractivity contribution < 1.29 is 18.7 Å². The van der Waals surface area contributed by atoms with Crippen molar-refractivity contribution in [3.63, 3.8) is 0 Å². The number of nitrogens with zero attached hydrogens (tertiary/aromatic N) is 4. The van der Waals surface area contributed by atoms with Gasteiger partial charge in [-0.05, 0) is 62.6 Å². The quantitative estimate of drug-likeness (QED) is 0.399. The van der Waals surface area contributed by atoms with E-state index < -0.39 is 5.82 Å². The number of anilines is 2. The molecule has 1 amide bonds. The van der Waals surface area contributed by atoms with Crippen LogP contribution < -0.4 is 14.8 Å². The minimum atomic E-state index is -0.543. The number of fused-ring (bicyclic) bond motifs is 1. The maximum atomic E-state index is 14.5. The Morgan fingerprint density at radius 1 is 1.08 bits per heavy atom. The van der Waals surface area contributed by atoms with Crippen molar-refractivity contribution in [3.8, 4) is 11.5 Å². The molecule has 2 heterocycles. The largest absolute Gasteiger partial charge is 0.493 e. The summed E-state index contributed by atoms with van der Waals surface area (Å²) < 4.78 is 26.6. The van der Waals surface area contributed by atoms with Crippen molar-refractivity contribution in [3.05, 3.63) is 47.5 Å². The van der Waals surface area contributed by atoms with Crippen LogP contribution in [0.3, 0.4) is 0 Å². The fraction of sp³-hybridized carbons (Fsp3) is 0.483. The summed E-state index contributed by atoms with van der Waals surface area (Å²) in [6.07, 6.45) is 7.76. The summed E-state index contributed by atoms with van der Waals surface area (Å²) in [6.45, 7) is 3.27. The lowest BCUT2D eigenvalue weighted by Crippen LogP contribution is -2.54. The summed E-state index contributed by atoms with van der Waals surface area (Å²) in [7, 11) is 1.60. The van der Waals surface area contributed by atoms with Gasteiger partial charge in [0.2, 0.25) is 5.91 Å². The topological polar surface area (TPSA) is 79.8 Å². The number of ether oxygens (including phenoxy) is 2. The summed E-state index contributed by atoms with van der Waals surface area (Å²) in [5.74, 6) is 2.09. The second kappa shape index (κ2) is 11.1. The van der Waals surface area contributed by atoms with Gasteiger partial charge >= 0.3 is 0 Å². The molecule has 3 fully saturated rings. The molecule has 1 aliphatic heterocycles. The number of carbonyl (C=O) groups excluding carboxylic acids is 1. The Hall–Kier alpha value is -3.17. The molecule has 3 aromatic rings. The lowest BCUT2D eigenvalue weighted by atomic mass is 9.91. The molecule has 8 nitrogen and oxygen atoms in total. The summed E-state index contributed by atoms with van der Waals surface area (Å²) in [6, 6.07) is 8.85. The van der Waals surface area contributed by atoms with Crippen molar-refractivity contribution in [1.82, 2.24) is 19.8 Å². The van der Waals surface area contributed by atoms with E-state index in [0.717, 1.165) is 51.2 Å². The van der Waals surface area contributed by atoms with Crippen LogP contribution in [0.5, 0.6) is 11.5 Å². The van der Waals surface area contributed by atoms with Gasteiger partial charge < -0.3 is 19.7 Å². The molecule has 2 saturated carbocycles. The van der Waals surface area contributed by atoms with Crippen molar-refractivity contribution in [2.75, 3.05) is 38.6 Å². The molecule has 0 spiro atoms. The van der Waals surface area contributed by atoms with Crippen LogP contribution in [0.2, 0.25) is 5.02 Å². The van der Waals surface area contributed by atoms with Crippen molar-refractivity contribution in [2.45, 2.75) is 50.7 Å². The number of amides is 1. The first-order valence-electron chi connectivity index (χ1n) is 13.7. The maximum absolute atomic E-state index is 14.5. The first kappa shape index (κ1) is 26.1. The number of hydrogen-bond donors (Lipinski definition) is 1. The molecular weight excluding hydrogens is 521 g/mol. The van der Waals surface area contributed by atoms with E-state index in [1.54, 1.807) is 19.2 Å². The van der Waals surface area contributed by atoms with Crippen molar-refractivity contribution in [1.29, 1.82) is 0 Å². The lowest BCUT2D eigenvalue weighted by Gasteiger charge is -2.41. The van der Waals surface area contributed by atoms with Crippen LogP contribution in [-0.2, 0) is 4.79 Å². The highest BCUT2D eigenvalue weighted by Crippen LogP contribution is 2.38. The van der Waals surface area contributed by atoms with E-state index in [-0.39, 0.29) is 22.7 Å². The number of benzene rings is 2. The third-order valence-corrected chi connectivity index (χ3v) is 8.39. The fourth-order valence-corrected chi connectivity index (χ4v) is 5.87. The van der Waals surface area contributed by atoms with Crippen LogP contribution in [0.1, 0.15) is 38.5 Å². The number of rotatable bonds is 8. The fourth-order valence-electron chi connectivity index (χ4n) is 5.69. The first-order chi connectivity index (χ1) is 19.0. The zero-order valence-electron chi connectivity index (χ0n) is 22.0. The molecule has 0 radical (unpaired) electrons. The van der Waals surface area contributed by atoms with E-state index in [1.165, 1.54) is 25.2 Å². The number of hydrogen-bond acceptors (Lipinski definition) is 7. The Morgan fingerprint density at radius 3 is 2.64 bits per heavy atom. The van der Waals surface area contributed by atoms with E-state index in [1.807, 2.05) is 12.1 Å². The van der Waals surface area contributed by atoms with E-state index in [9.17, 15) is 9.18 Å². The van der Waals surface area contributed by atoms with E-state index in [0.29, 0.717) is 40.8 Å². The first-order valence-corrected chi connectivity index (χ1v) is 14.1. The second-order valence-corrected chi connectivity index (χ2v) is 11.2. The summed E-state index contributed by atoms with van der Waals surface area (Å²) in [5.41, 5.74) is 0.874. The van der Waals surface area contributed by atoms with Gasteiger partial charge in [0.1, 0.15) is 12.1 Å². The van der Waals surface area contributed by atoms with Crippen LogP contribution in [0.15, 0.2) is 36.7 Å².